The smallest absolute Gasteiger partial charge is 0.272 e. The Morgan fingerprint density at radius 3 is 1.94 bits per heavy atom. The Bertz CT molecular complexity index is 1150. The minimum atomic E-state index is -0.298. The predicted octanol–water partition coefficient (Wildman–Crippen LogP) is 4.91. The molecular weight excluding hydrogens is 503 g/mol. The highest BCUT2D eigenvalue weighted by atomic mass is 35.5. The van der Waals surface area contributed by atoms with Crippen molar-refractivity contribution in [2.24, 2.45) is 14.1 Å². The van der Waals surface area contributed by atoms with Crippen molar-refractivity contribution >= 4 is 57.8 Å². The molecule has 2 amide bonds. The number of nitrogens with one attached hydrogen (secondary N) is 3. The number of alkyl halides is 2. The van der Waals surface area contributed by atoms with Gasteiger partial charge in [0.05, 0.1) is 18.0 Å². The highest BCUT2D eigenvalue weighted by Crippen LogP contribution is 2.21. The fraction of sp³-hybridized carbons (Fsp3) is 0.360. The molecule has 3 N–H and O–H groups in total. The van der Waals surface area contributed by atoms with Crippen LogP contribution in [-0.4, -0.2) is 52.4 Å². The molecule has 0 saturated carbocycles. The molecule has 0 aliphatic rings. The standard InChI is InChI=1S/C25H32Cl2N6O3/c1-4-13-36-30-20-15-23(32(3)17-20)25(35)29-19-14-22(31(2)16-19)24(34)28-18-5-7-21(8-6-18)33(11-9-26)12-10-27/h5-8,14-17,30H,4,9-13H2,1-3H3,(H,28,34)(H,29,35). The van der Waals surface area contributed by atoms with Crippen molar-refractivity contribution in [2.45, 2.75) is 13.3 Å². The van der Waals surface area contributed by atoms with Crippen LogP contribution in [0.2, 0.25) is 0 Å². The molecule has 1 aromatic carbocycles. The van der Waals surface area contributed by atoms with Crippen LogP contribution in [0.3, 0.4) is 0 Å². The number of carbonyl (C=O) groups is 2. The number of carbonyl (C=O) groups excluding carboxylic acids is 2. The number of aromatic nitrogens is 2. The van der Waals surface area contributed by atoms with Gasteiger partial charge in [0, 0.05) is 62.7 Å². The molecule has 0 spiro atoms. The quantitative estimate of drug-likeness (QED) is 0.164. The van der Waals surface area contributed by atoms with Crippen molar-refractivity contribution in [3.63, 3.8) is 0 Å². The van der Waals surface area contributed by atoms with E-state index in [1.807, 2.05) is 31.2 Å². The number of hydrogen-bond donors (Lipinski definition) is 3. The van der Waals surface area contributed by atoms with Crippen molar-refractivity contribution in [2.75, 3.05) is 52.5 Å². The molecule has 194 valence electrons. The largest absolute Gasteiger partial charge is 0.369 e. The van der Waals surface area contributed by atoms with Crippen LogP contribution in [0.25, 0.3) is 0 Å². The number of aryl methyl sites for hydroxylation is 2. The van der Waals surface area contributed by atoms with Crippen molar-refractivity contribution in [1.82, 2.24) is 9.13 Å². The van der Waals surface area contributed by atoms with Gasteiger partial charge < -0.3 is 24.7 Å². The van der Waals surface area contributed by atoms with Crippen molar-refractivity contribution in [3.05, 3.63) is 60.2 Å². The van der Waals surface area contributed by atoms with Crippen molar-refractivity contribution in [1.29, 1.82) is 0 Å². The number of hydrogen-bond acceptors (Lipinski definition) is 5. The molecule has 0 fully saturated rings. The molecule has 36 heavy (non-hydrogen) atoms. The van der Waals surface area contributed by atoms with E-state index in [2.05, 4.69) is 21.0 Å². The number of anilines is 4. The lowest BCUT2D eigenvalue weighted by atomic mass is 10.2. The molecule has 2 heterocycles. The van der Waals surface area contributed by atoms with E-state index in [9.17, 15) is 9.59 Å². The Morgan fingerprint density at radius 2 is 1.39 bits per heavy atom. The Kier molecular flexibility index (Phi) is 10.1. The molecule has 0 aliphatic heterocycles. The maximum absolute atomic E-state index is 12.9. The van der Waals surface area contributed by atoms with E-state index in [4.69, 9.17) is 28.0 Å². The molecule has 0 unspecified atom stereocenters. The summed E-state index contributed by atoms with van der Waals surface area (Å²) < 4.78 is 3.37. The molecule has 0 saturated heterocycles. The Labute approximate surface area is 221 Å². The average Bonchev–Trinajstić information content (AvgIpc) is 3.41. The molecule has 2 aromatic heterocycles. The molecule has 3 rings (SSSR count). The summed E-state index contributed by atoms with van der Waals surface area (Å²) in [7, 11) is 3.53. The second-order valence-corrected chi connectivity index (χ2v) is 8.98. The van der Waals surface area contributed by atoms with Crippen LogP contribution in [-0.2, 0) is 18.9 Å². The first-order valence-corrected chi connectivity index (χ1v) is 12.7. The summed E-state index contributed by atoms with van der Waals surface area (Å²) in [5, 5.41) is 5.74. The van der Waals surface area contributed by atoms with E-state index in [1.54, 1.807) is 47.8 Å². The fourth-order valence-electron chi connectivity index (χ4n) is 3.66. The second kappa shape index (κ2) is 13.2. The van der Waals surface area contributed by atoms with Gasteiger partial charge in [-0.25, -0.2) is 0 Å². The van der Waals surface area contributed by atoms with Crippen molar-refractivity contribution < 1.29 is 14.4 Å². The topological polar surface area (TPSA) is 92.6 Å². The Morgan fingerprint density at radius 1 is 0.861 bits per heavy atom. The monoisotopic (exact) mass is 534 g/mol. The van der Waals surface area contributed by atoms with Crippen LogP contribution in [0.5, 0.6) is 0 Å². The van der Waals surface area contributed by atoms with Crippen LogP contribution < -0.4 is 21.0 Å². The minimum absolute atomic E-state index is 0.289. The lowest BCUT2D eigenvalue weighted by Gasteiger charge is -2.23. The third-order valence-corrected chi connectivity index (χ3v) is 5.77. The van der Waals surface area contributed by atoms with Gasteiger partial charge in [0.25, 0.3) is 11.8 Å². The van der Waals surface area contributed by atoms with Crippen LogP contribution >= 0.6 is 23.2 Å². The highest BCUT2D eigenvalue weighted by Gasteiger charge is 2.17. The number of rotatable bonds is 13. The Balaban J connectivity index is 1.64. The van der Waals surface area contributed by atoms with Gasteiger partial charge in [-0.05, 0) is 42.8 Å². The molecule has 3 aromatic rings. The van der Waals surface area contributed by atoms with Gasteiger partial charge in [-0.3, -0.25) is 19.9 Å². The summed E-state index contributed by atoms with van der Waals surface area (Å²) in [6, 6.07) is 10.8. The summed E-state index contributed by atoms with van der Waals surface area (Å²) in [5.74, 6) is 0.407. The molecule has 0 aliphatic carbocycles. The lowest BCUT2D eigenvalue weighted by molar-refractivity contribution is 0.101. The zero-order valence-electron chi connectivity index (χ0n) is 20.7. The van der Waals surface area contributed by atoms with Gasteiger partial charge >= 0.3 is 0 Å². The Hall–Kier alpha value is -3.14. The molecule has 0 atom stereocenters. The summed E-state index contributed by atoms with van der Waals surface area (Å²) in [4.78, 5) is 33.1. The summed E-state index contributed by atoms with van der Waals surface area (Å²) in [6.07, 6.45) is 4.34. The van der Waals surface area contributed by atoms with Gasteiger partial charge in [0.15, 0.2) is 0 Å². The fourth-order valence-corrected chi connectivity index (χ4v) is 4.07. The summed E-state index contributed by atoms with van der Waals surface area (Å²) in [5.41, 5.74) is 6.51. The van der Waals surface area contributed by atoms with Gasteiger partial charge in [-0.15, -0.1) is 23.2 Å². The van der Waals surface area contributed by atoms with Gasteiger partial charge in [0.1, 0.15) is 11.4 Å². The van der Waals surface area contributed by atoms with Crippen molar-refractivity contribution in [3.8, 4) is 0 Å². The van der Waals surface area contributed by atoms with Gasteiger partial charge in [-0.1, -0.05) is 6.92 Å². The molecular formula is C25H32Cl2N6O3. The van der Waals surface area contributed by atoms with Crippen LogP contribution in [0.4, 0.5) is 22.7 Å². The number of halogens is 2. The van der Waals surface area contributed by atoms with E-state index in [1.165, 1.54) is 0 Å². The zero-order valence-corrected chi connectivity index (χ0v) is 22.2. The number of nitrogens with zero attached hydrogens (tertiary/aromatic N) is 3. The SMILES string of the molecule is CCCONc1cc(C(=O)Nc2cc(C(=O)Nc3ccc(N(CCCl)CCCl)cc3)n(C)c2)n(C)c1. The minimum Gasteiger partial charge on any atom is -0.369 e. The van der Waals surface area contributed by atoms with Crippen LogP contribution in [0.1, 0.15) is 34.3 Å². The molecule has 11 heteroatoms. The predicted molar refractivity (Wildman–Crippen MR) is 147 cm³/mol. The maximum atomic E-state index is 12.9. The van der Waals surface area contributed by atoms with Crippen LogP contribution in [0.15, 0.2) is 48.8 Å². The first kappa shape index (κ1) is 27.4. The van der Waals surface area contributed by atoms with E-state index >= 15 is 0 Å². The summed E-state index contributed by atoms with van der Waals surface area (Å²) in [6.45, 7) is 3.95. The summed E-state index contributed by atoms with van der Waals surface area (Å²) >= 11 is 11.8. The molecule has 0 bridgehead atoms. The second-order valence-electron chi connectivity index (χ2n) is 8.22. The van der Waals surface area contributed by atoms with E-state index < -0.39 is 0 Å². The normalized spacial score (nSPS) is 10.8. The lowest BCUT2D eigenvalue weighted by Crippen LogP contribution is -2.27. The maximum Gasteiger partial charge on any atom is 0.272 e. The first-order valence-electron chi connectivity index (χ1n) is 11.7. The zero-order chi connectivity index (χ0) is 26.1. The van der Waals surface area contributed by atoms with E-state index in [0.29, 0.717) is 59.9 Å². The van der Waals surface area contributed by atoms with Crippen LogP contribution in [0, 0.1) is 0 Å². The van der Waals surface area contributed by atoms with Gasteiger partial charge in [-0.2, -0.15) is 0 Å². The molecule has 0 radical (unpaired) electrons. The highest BCUT2D eigenvalue weighted by molar-refractivity contribution is 6.18. The van der Waals surface area contributed by atoms with E-state index in [-0.39, 0.29) is 11.8 Å². The third kappa shape index (κ3) is 7.19. The average molecular weight is 535 g/mol. The number of benzene rings is 1. The van der Waals surface area contributed by atoms with E-state index in [0.717, 1.165) is 12.1 Å². The third-order valence-electron chi connectivity index (χ3n) is 5.43. The molecule has 9 nitrogen and oxygen atoms in total. The van der Waals surface area contributed by atoms with Gasteiger partial charge in [0.2, 0.25) is 0 Å². The number of amides is 2. The first-order chi connectivity index (χ1) is 17.4.